The van der Waals surface area contributed by atoms with Crippen LogP contribution in [-0.4, -0.2) is 43.0 Å². The predicted molar refractivity (Wildman–Crippen MR) is 80.9 cm³/mol. The normalized spacial score (nSPS) is 18.5. The van der Waals surface area contributed by atoms with Gasteiger partial charge in [-0.3, -0.25) is 4.90 Å². The Bertz CT molecular complexity index is 395. The smallest absolute Gasteiger partial charge is 0.0249 e. The van der Waals surface area contributed by atoms with E-state index >= 15 is 0 Å². The molecule has 0 amide bonds. The van der Waals surface area contributed by atoms with Gasteiger partial charge in [-0.2, -0.15) is 0 Å². The quantitative estimate of drug-likeness (QED) is 0.845. The first-order valence-corrected chi connectivity index (χ1v) is 7.50. The molecule has 2 rings (SSSR count). The Hall–Kier alpha value is -0.380. The first-order chi connectivity index (χ1) is 8.58. The predicted octanol–water partition coefficient (Wildman–Crippen LogP) is 3.28. The Morgan fingerprint density at radius 1 is 1.28 bits per heavy atom. The number of halogens is 1. The number of hydrogen-bond donors (Lipinski definition) is 0. The van der Waals surface area contributed by atoms with Crippen LogP contribution >= 0.6 is 15.9 Å². The summed E-state index contributed by atoms with van der Waals surface area (Å²) in [7, 11) is 4.38. The molecular formula is C15H23BrN2. The Kier molecular flexibility index (Phi) is 4.82. The molecule has 1 aliphatic heterocycles. The molecule has 3 heteroatoms. The molecule has 1 saturated heterocycles. The van der Waals surface area contributed by atoms with Gasteiger partial charge in [0.25, 0.3) is 0 Å². The highest BCUT2D eigenvalue weighted by Crippen LogP contribution is 2.24. The van der Waals surface area contributed by atoms with E-state index in [-0.39, 0.29) is 0 Å². The van der Waals surface area contributed by atoms with Gasteiger partial charge >= 0.3 is 0 Å². The maximum atomic E-state index is 3.71. The van der Waals surface area contributed by atoms with Crippen molar-refractivity contribution in [3.05, 3.63) is 33.8 Å². The summed E-state index contributed by atoms with van der Waals surface area (Å²) in [5.41, 5.74) is 2.74. The van der Waals surface area contributed by atoms with Crippen LogP contribution in [0.5, 0.6) is 0 Å². The second-order valence-electron chi connectivity index (χ2n) is 5.52. The Balaban J connectivity index is 1.94. The number of aryl methyl sites for hydroxylation is 1. The summed E-state index contributed by atoms with van der Waals surface area (Å²) >= 11 is 3.71. The fourth-order valence-electron chi connectivity index (χ4n) is 2.67. The van der Waals surface area contributed by atoms with Gasteiger partial charge in [0.15, 0.2) is 0 Å². The fraction of sp³-hybridized carbons (Fsp3) is 0.600. The minimum absolute atomic E-state index is 0.766. The van der Waals surface area contributed by atoms with Crippen molar-refractivity contribution in [3.63, 3.8) is 0 Å². The molecule has 1 fully saturated rings. The lowest BCUT2D eigenvalue weighted by Crippen LogP contribution is -2.41. The first kappa shape index (κ1) is 14.0. The highest BCUT2D eigenvalue weighted by atomic mass is 79.9. The van der Waals surface area contributed by atoms with Gasteiger partial charge in [0.2, 0.25) is 0 Å². The van der Waals surface area contributed by atoms with E-state index in [4.69, 9.17) is 0 Å². The second kappa shape index (κ2) is 6.18. The van der Waals surface area contributed by atoms with Gasteiger partial charge in [-0.1, -0.05) is 34.1 Å². The van der Waals surface area contributed by atoms with E-state index < -0.39 is 0 Å². The van der Waals surface area contributed by atoms with Gasteiger partial charge in [-0.15, -0.1) is 0 Å². The van der Waals surface area contributed by atoms with E-state index in [1.807, 2.05) is 0 Å². The molecular weight excluding hydrogens is 288 g/mol. The molecule has 0 aliphatic carbocycles. The topological polar surface area (TPSA) is 6.48 Å². The average molecular weight is 311 g/mol. The second-order valence-corrected chi connectivity index (χ2v) is 6.31. The van der Waals surface area contributed by atoms with Gasteiger partial charge in [-0.05, 0) is 58.1 Å². The van der Waals surface area contributed by atoms with Crippen LogP contribution in [0.3, 0.4) is 0 Å². The number of rotatable bonds is 3. The van der Waals surface area contributed by atoms with E-state index in [2.05, 4.69) is 64.9 Å². The van der Waals surface area contributed by atoms with Crippen molar-refractivity contribution in [3.8, 4) is 0 Å². The highest BCUT2D eigenvalue weighted by Gasteiger charge is 2.20. The SMILES string of the molecule is Cc1cccc(CN2CCC(N(C)C)CC2)c1Br. The summed E-state index contributed by atoms with van der Waals surface area (Å²) in [6.45, 7) is 5.65. The van der Waals surface area contributed by atoms with Crippen molar-refractivity contribution in [2.75, 3.05) is 27.2 Å². The third-order valence-corrected chi connectivity index (χ3v) is 5.09. The molecule has 0 unspecified atom stereocenters. The molecule has 0 N–H and O–H groups in total. The molecule has 2 nitrogen and oxygen atoms in total. The highest BCUT2D eigenvalue weighted by molar-refractivity contribution is 9.10. The number of piperidine rings is 1. The zero-order valence-corrected chi connectivity index (χ0v) is 13.2. The zero-order valence-electron chi connectivity index (χ0n) is 11.6. The molecule has 100 valence electrons. The summed E-state index contributed by atoms with van der Waals surface area (Å²) < 4.78 is 1.28. The third-order valence-electron chi connectivity index (χ3n) is 3.95. The molecule has 0 bridgehead atoms. The van der Waals surface area contributed by atoms with E-state index in [1.165, 1.54) is 41.5 Å². The van der Waals surface area contributed by atoms with Crippen molar-refractivity contribution in [1.29, 1.82) is 0 Å². The summed E-state index contributed by atoms with van der Waals surface area (Å²) in [5.74, 6) is 0. The molecule has 0 saturated carbocycles. The van der Waals surface area contributed by atoms with Crippen LogP contribution in [0.1, 0.15) is 24.0 Å². The largest absolute Gasteiger partial charge is 0.306 e. The lowest BCUT2D eigenvalue weighted by Gasteiger charge is -2.35. The number of hydrogen-bond acceptors (Lipinski definition) is 2. The van der Waals surface area contributed by atoms with Gasteiger partial charge in [0.05, 0.1) is 0 Å². The van der Waals surface area contributed by atoms with Crippen LogP contribution in [0.2, 0.25) is 0 Å². The Morgan fingerprint density at radius 2 is 1.94 bits per heavy atom. The van der Waals surface area contributed by atoms with E-state index in [0.717, 1.165) is 12.6 Å². The Labute approximate surface area is 119 Å². The van der Waals surface area contributed by atoms with Crippen molar-refractivity contribution < 1.29 is 0 Å². The van der Waals surface area contributed by atoms with Crippen LogP contribution in [0.4, 0.5) is 0 Å². The molecule has 1 heterocycles. The number of likely N-dealkylation sites (tertiary alicyclic amines) is 1. The van der Waals surface area contributed by atoms with Crippen molar-refractivity contribution in [1.82, 2.24) is 9.80 Å². The lowest BCUT2D eigenvalue weighted by atomic mass is 10.0. The maximum absolute atomic E-state index is 3.71. The molecule has 0 atom stereocenters. The van der Waals surface area contributed by atoms with Gasteiger partial charge < -0.3 is 4.90 Å². The van der Waals surface area contributed by atoms with Gasteiger partial charge in [0, 0.05) is 17.1 Å². The minimum Gasteiger partial charge on any atom is -0.306 e. The summed E-state index contributed by atoms with van der Waals surface area (Å²) in [6.07, 6.45) is 2.58. The van der Waals surface area contributed by atoms with Crippen LogP contribution in [0.15, 0.2) is 22.7 Å². The van der Waals surface area contributed by atoms with E-state index in [0.29, 0.717) is 0 Å². The van der Waals surface area contributed by atoms with Crippen LogP contribution in [-0.2, 0) is 6.54 Å². The molecule has 1 aromatic carbocycles. The van der Waals surface area contributed by atoms with E-state index in [1.54, 1.807) is 0 Å². The van der Waals surface area contributed by atoms with Gasteiger partial charge in [0.1, 0.15) is 0 Å². The molecule has 18 heavy (non-hydrogen) atoms. The lowest BCUT2D eigenvalue weighted by molar-refractivity contribution is 0.140. The zero-order chi connectivity index (χ0) is 13.1. The fourth-order valence-corrected chi connectivity index (χ4v) is 3.05. The molecule has 0 radical (unpaired) electrons. The average Bonchev–Trinajstić information content (AvgIpc) is 2.36. The van der Waals surface area contributed by atoms with Crippen molar-refractivity contribution in [2.45, 2.75) is 32.4 Å². The molecule has 0 aromatic heterocycles. The monoisotopic (exact) mass is 310 g/mol. The third kappa shape index (κ3) is 3.34. The standard InChI is InChI=1S/C15H23BrN2/c1-12-5-4-6-13(15(12)16)11-18-9-7-14(8-10-18)17(2)3/h4-6,14H,7-11H2,1-3H3. The molecule has 0 spiro atoms. The van der Waals surface area contributed by atoms with Gasteiger partial charge in [-0.25, -0.2) is 0 Å². The van der Waals surface area contributed by atoms with Crippen molar-refractivity contribution >= 4 is 15.9 Å². The maximum Gasteiger partial charge on any atom is 0.0249 e. The summed E-state index contributed by atoms with van der Waals surface area (Å²) in [6, 6.07) is 7.31. The summed E-state index contributed by atoms with van der Waals surface area (Å²) in [5, 5.41) is 0. The van der Waals surface area contributed by atoms with E-state index in [9.17, 15) is 0 Å². The Morgan fingerprint density at radius 3 is 2.56 bits per heavy atom. The minimum atomic E-state index is 0.766. The number of benzene rings is 1. The van der Waals surface area contributed by atoms with Crippen LogP contribution in [0.25, 0.3) is 0 Å². The first-order valence-electron chi connectivity index (χ1n) is 6.70. The van der Waals surface area contributed by atoms with Crippen LogP contribution in [0, 0.1) is 6.92 Å². The van der Waals surface area contributed by atoms with Crippen LogP contribution < -0.4 is 0 Å². The molecule has 1 aliphatic rings. The molecule has 1 aromatic rings. The van der Waals surface area contributed by atoms with Crippen molar-refractivity contribution in [2.24, 2.45) is 0 Å². The summed E-state index contributed by atoms with van der Waals surface area (Å²) in [4.78, 5) is 4.93. The number of nitrogens with zero attached hydrogens (tertiary/aromatic N) is 2.